The summed E-state index contributed by atoms with van der Waals surface area (Å²) >= 11 is 0. The molecule has 0 saturated heterocycles. The standard InChI is InChI=1S/C22H21N9O2/c1-13(21-26-28-29-31(21)3)33-22-17(32-4)10-16-20(25-22)19(24-12-23-16)15-11-30(2)27-18(15)14-8-6-5-7-9-14/h5-13H,1-4H3/t13-/m0/s1. The first kappa shape index (κ1) is 20.5. The van der Waals surface area contributed by atoms with Gasteiger partial charge in [0.25, 0.3) is 5.88 Å². The smallest absolute Gasteiger partial charge is 0.258 e. The lowest BCUT2D eigenvalue weighted by Crippen LogP contribution is -2.11. The first-order valence-electron chi connectivity index (χ1n) is 10.2. The molecule has 1 atom stereocenters. The molecule has 0 N–H and O–H groups in total. The fraction of sp³-hybridized carbons (Fsp3) is 0.227. The number of hydrogen-bond donors (Lipinski definition) is 0. The van der Waals surface area contributed by atoms with Gasteiger partial charge >= 0.3 is 0 Å². The van der Waals surface area contributed by atoms with Gasteiger partial charge in [0.15, 0.2) is 17.7 Å². The highest BCUT2D eigenvalue weighted by Crippen LogP contribution is 2.37. The molecule has 5 aromatic rings. The van der Waals surface area contributed by atoms with Crippen LogP contribution in [0.15, 0.2) is 48.9 Å². The molecule has 0 aliphatic heterocycles. The molecule has 0 spiro atoms. The highest BCUT2D eigenvalue weighted by atomic mass is 16.5. The summed E-state index contributed by atoms with van der Waals surface area (Å²) in [4.78, 5) is 13.7. The van der Waals surface area contributed by atoms with Crippen molar-refractivity contribution in [1.82, 2.24) is 44.9 Å². The van der Waals surface area contributed by atoms with Crippen LogP contribution in [0.25, 0.3) is 33.5 Å². The average Bonchev–Trinajstić information content (AvgIpc) is 3.44. The second-order valence-electron chi connectivity index (χ2n) is 7.44. The molecule has 0 bridgehead atoms. The number of nitrogens with zero attached hydrogens (tertiary/aromatic N) is 9. The van der Waals surface area contributed by atoms with E-state index in [-0.39, 0.29) is 0 Å². The monoisotopic (exact) mass is 443 g/mol. The van der Waals surface area contributed by atoms with Crippen LogP contribution >= 0.6 is 0 Å². The van der Waals surface area contributed by atoms with Crippen molar-refractivity contribution in [3.63, 3.8) is 0 Å². The number of ether oxygens (including phenoxy) is 2. The largest absolute Gasteiger partial charge is 0.491 e. The summed E-state index contributed by atoms with van der Waals surface area (Å²) in [5.74, 6) is 1.30. The van der Waals surface area contributed by atoms with E-state index < -0.39 is 6.10 Å². The zero-order chi connectivity index (χ0) is 22.9. The van der Waals surface area contributed by atoms with Gasteiger partial charge in [-0.1, -0.05) is 30.3 Å². The third-order valence-electron chi connectivity index (χ3n) is 5.20. The molecule has 33 heavy (non-hydrogen) atoms. The maximum absolute atomic E-state index is 6.10. The van der Waals surface area contributed by atoms with Gasteiger partial charge in [-0.3, -0.25) is 4.68 Å². The summed E-state index contributed by atoms with van der Waals surface area (Å²) in [6.45, 7) is 1.84. The summed E-state index contributed by atoms with van der Waals surface area (Å²) in [6.07, 6.45) is 2.97. The van der Waals surface area contributed by atoms with Crippen LogP contribution < -0.4 is 9.47 Å². The maximum atomic E-state index is 6.10. The molecule has 166 valence electrons. The zero-order valence-corrected chi connectivity index (χ0v) is 18.5. The molecule has 0 amide bonds. The lowest BCUT2D eigenvalue weighted by Gasteiger charge is -2.15. The van der Waals surface area contributed by atoms with Crippen LogP contribution in [0.4, 0.5) is 0 Å². The molecule has 0 aliphatic carbocycles. The lowest BCUT2D eigenvalue weighted by atomic mass is 10.0. The Bertz CT molecular complexity index is 1430. The van der Waals surface area contributed by atoms with Gasteiger partial charge in [0.2, 0.25) is 0 Å². The third kappa shape index (κ3) is 3.73. The van der Waals surface area contributed by atoms with Crippen molar-refractivity contribution in [3.8, 4) is 34.1 Å². The van der Waals surface area contributed by atoms with E-state index in [4.69, 9.17) is 14.5 Å². The van der Waals surface area contributed by atoms with Crippen molar-refractivity contribution in [2.24, 2.45) is 14.1 Å². The fourth-order valence-electron chi connectivity index (χ4n) is 3.65. The van der Waals surface area contributed by atoms with Gasteiger partial charge < -0.3 is 9.47 Å². The number of methoxy groups -OCH3 is 1. The summed E-state index contributed by atoms with van der Waals surface area (Å²) in [5.41, 5.74) is 4.46. The number of pyridine rings is 1. The number of hydrogen-bond acceptors (Lipinski definition) is 9. The van der Waals surface area contributed by atoms with E-state index in [0.717, 1.165) is 16.8 Å². The Hall–Kier alpha value is -4.41. The Morgan fingerprint density at radius 1 is 1.03 bits per heavy atom. The minimum absolute atomic E-state index is 0.293. The number of aromatic nitrogens is 9. The van der Waals surface area contributed by atoms with Crippen molar-refractivity contribution in [2.45, 2.75) is 13.0 Å². The number of aryl methyl sites for hydroxylation is 2. The molecule has 0 saturated carbocycles. The van der Waals surface area contributed by atoms with Gasteiger partial charge in [0.05, 0.1) is 12.6 Å². The molecule has 0 fully saturated rings. The molecule has 0 unspecified atom stereocenters. The summed E-state index contributed by atoms with van der Waals surface area (Å²) in [5, 5.41) is 16.2. The molecule has 5 rings (SSSR count). The topological polar surface area (TPSA) is 119 Å². The maximum Gasteiger partial charge on any atom is 0.258 e. The minimum Gasteiger partial charge on any atom is -0.491 e. The van der Waals surface area contributed by atoms with Crippen molar-refractivity contribution in [1.29, 1.82) is 0 Å². The molecule has 1 aromatic carbocycles. The zero-order valence-electron chi connectivity index (χ0n) is 18.5. The summed E-state index contributed by atoms with van der Waals surface area (Å²) < 4.78 is 14.9. The average molecular weight is 443 g/mol. The van der Waals surface area contributed by atoms with Crippen LogP contribution in [-0.2, 0) is 14.1 Å². The first-order valence-corrected chi connectivity index (χ1v) is 10.2. The predicted octanol–water partition coefficient (Wildman–Crippen LogP) is 2.76. The molecule has 4 aromatic heterocycles. The van der Waals surface area contributed by atoms with Crippen LogP contribution in [0.5, 0.6) is 11.6 Å². The van der Waals surface area contributed by atoms with Gasteiger partial charge in [-0.2, -0.15) is 5.10 Å². The summed E-state index contributed by atoms with van der Waals surface area (Å²) in [6, 6.07) is 11.7. The number of rotatable bonds is 6. The molecule has 11 nitrogen and oxygen atoms in total. The van der Waals surface area contributed by atoms with E-state index in [2.05, 4.69) is 30.6 Å². The number of fused-ring (bicyclic) bond motifs is 1. The quantitative estimate of drug-likeness (QED) is 0.390. The Labute approximate surface area is 189 Å². The summed E-state index contributed by atoms with van der Waals surface area (Å²) in [7, 11) is 5.18. The van der Waals surface area contributed by atoms with Gasteiger partial charge in [-0.05, 0) is 17.4 Å². The van der Waals surface area contributed by atoms with E-state index >= 15 is 0 Å². The van der Waals surface area contributed by atoms with Crippen LogP contribution in [-0.4, -0.2) is 52.0 Å². The molecule has 11 heteroatoms. The van der Waals surface area contributed by atoms with Crippen molar-refractivity contribution in [2.75, 3.05) is 7.11 Å². The Morgan fingerprint density at radius 3 is 2.58 bits per heavy atom. The van der Waals surface area contributed by atoms with E-state index in [1.54, 1.807) is 29.6 Å². The van der Waals surface area contributed by atoms with Crippen molar-refractivity contribution >= 4 is 11.0 Å². The van der Waals surface area contributed by atoms with E-state index in [9.17, 15) is 0 Å². The fourth-order valence-corrected chi connectivity index (χ4v) is 3.65. The highest BCUT2D eigenvalue weighted by molar-refractivity contribution is 5.94. The normalized spacial score (nSPS) is 12.1. The minimum atomic E-state index is -0.463. The second-order valence-corrected chi connectivity index (χ2v) is 7.44. The van der Waals surface area contributed by atoms with Gasteiger partial charge in [-0.15, -0.1) is 5.10 Å². The van der Waals surface area contributed by atoms with Crippen LogP contribution in [0.1, 0.15) is 18.9 Å². The second kappa shape index (κ2) is 8.26. The Morgan fingerprint density at radius 2 is 1.85 bits per heavy atom. The van der Waals surface area contributed by atoms with Gasteiger partial charge in [-0.25, -0.2) is 19.6 Å². The molecular formula is C22H21N9O2. The molecule has 0 aliphatic rings. The molecule has 0 radical (unpaired) electrons. The Kier molecular flexibility index (Phi) is 5.13. The predicted molar refractivity (Wildman–Crippen MR) is 119 cm³/mol. The van der Waals surface area contributed by atoms with Crippen LogP contribution in [0.3, 0.4) is 0 Å². The van der Waals surface area contributed by atoms with Gasteiger partial charge in [0.1, 0.15) is 23.2 Å². The van der Waals surface area contributed by atoms with Crippen LogP contribution in [0.2, 0.25) is 0 Å². The SMILES string of the molecule is COc1cc2ncnc(-c3cn(C)nc3-c3ccccc3)c2nc1O[C@@H](C)c1nnnn1C. The Balaban J connectivity index is 1.65. The van der Waals surface area contributed by atoms with Gasteiger partial charge in [0, 0.05) is 37.5 Å². The van der Waals surface area contributed by atoms with E-state index in [1.165, 1.54) is 6.33 Å². The third-order valence-corrected chi connectivity index (χ3v) is 5.20. The molecule has 4 heterocycles. The highest BCUT2D eigenvalue weighted by Gasteiger charge is 2.22. The van der Waals surface area contributed by atoms with Crippen molar-refractivity contribution < 1.29 is 9.47 Å². The van der Waals surface area contributed by atoms with E-state index in [0.29, 0.717) is 34.2 Å². The van der Waals surface area contributed by atoms with Crippen molar-refractivity contribution in [3.05, 3.63) is 54.7 Å². The van der Waals surface area contributed by atoms with E-state index in [1.807, 2.05) is 50.5 Å². The molecular weight excluding hydrogens is 422 g/mol. The number of tetrazole rings is 1. The lowest BCUT2D eigenvalue weighted by molar-refractivity contribution is 0.193. The number of benzene rings is 1. The first-order chi connectivity index (χ1) is 16.0. The van der Waals surface area contributed by atoms with Crippen LogP contribution in [0, 0.1) is 0 Å².